The topological polar surface area (TPSA) is 53.9 Å². The van der Waals surface area contributed by atoms with Crippen LogP contribution in [0.2, 0.25) is 0 Å². The zero-order chi connectivity index (χ0) is 20.1. The van der Waals surface area contributed by atoms with Gasteiger partial charge in [0.15, 0.2) is 6.54 Å². The molecule has 0 bridgehead atoms. The fourth-order valence-electron chi connectivity index (χ4n) is 3.19. The average Bonchev–Trinajstić information content (AvgIpc) is 2.67. The summed E-state index contributed by atoms with van der Waals surface area (Å²) in [5.41, 5.74) is 2.50. The molecule has 2 amide bonds. The van der Waals surface area contributed by atoms with Gasteiger partial charge in [-0.15, -0.1) is 0 Å². The summed E-state index contributed by atoms with van der Waals surface area (Å²) in [6.07, 6.45) is 0. The summed E-state index contributed by atoms with van der Waals surface area (Å²) in [7, 11) is 5.44. The monoisotopic (exact) mass is 376 g/mol. The normalized spacial score (nSPS) is 11.8. The molecule has 0 heterocycles. The number of rotatable bonds is 6. The highest BCUT2D eigenvalue weighted by atomic mass is 16.2. The molecule has 0 aliphatic heterocycles. The summed E-state index contributed by atoms with van der Waals surface area (Å²) >= 11 is 0. The lowest BCUT2D eigenvalue weighted by Gasteiger charge is -2.15. The molecule has 0 spiro atoms. The zero-order valence-corrected chi connectivity index (χ0v) is 16.5. The number of benzene rings is 3. The number of amides is 2. The van der Waals surface area contributed by atoms with Crippen molar-refractivity contribution in [3.8, 4) is 0 Å². The number of hydrogen-bond acceptors (Lipinski definition) is 2. The molecule has 144 valence electrons. The molecule has 0 saturated heterocycles. The Bertz CT molecular complexity index is 981. The molecule has 0 radical (unpaired) electrons. The molecule has 0 aliphatic rings. The molecular weight excluding hydrogens is 350 g/mol. The Hall–Kier alpha value is -3.18. The lowest BCUT2D eigenvalue weighted by atomic mass is 10.1. The van der Waals surface area contributed by atoms with E-state index in [1.807, 2.05) is 19.2 Å². The fraction of sp³-hybridized carbons (Fsp3) is 0.217. The summed E-state index contributed by atoms with van der Waals surface area (Å²) in [5.74, 6) is -0.109. The molecule has 1 atom stereocenters. The number of anilines is 1. The van der Waals surface area contributed by atoms with E-state index < -0.39 is 0 Å². The van der Waals surface area contributed by atoms with Crippen LogP contribution < -0.4 is 10.2 Å². The van der Waals surface area contributed by atoms with Crippen LogP contribution in [0.5, 0.6) is 0 Å². The number of likely N-dealkylation sites (N-methyl/N-ethyl adjacent to an activating group) is 1. The largest absolute Gasteiger partial charge is 0.345 e. The molecular formula is C23H26N3O2+. The Morgan fingerprint density at radius 1 is 0.929 bits per heavy atom. The second kappa shape index (κ2) is 8.67. The molecule has 2 N–H and O–H groups in total. The first-order valence-electron chi connectivity index (χ1n) is 9.33. The van der Waals surface area contributed by atoms with Gasteiger partial charge in [0.2, 0.25) is 0 Å². The quantitative estimate of drug-likeness (QED) is 0.693. The zero-order valence-electron chi connectivity index (χ0n) is 16.5. The Kier molecular flexibility index (Phi) is 6.06. The summed E-state index contributed by atoms with van der Waals surface area (Å²) < 4.78 is 0. The van der Waals surface area contributed by atoms with Crippen molar-refractivity contribution in [2.45, 2.75) is 6.54 Å². The van der Waals surface area contributed by atoms with Crippen molar-refractivity contribution in [2.75, 3.05) is 33.0 Å². The van der Waals surface area contributed by atoms with Crippen LogP contribution in [0.25, 0.3) is 10.8 Å². The van der Waals surface area contributed by atoms with Crippen molar-refractivity contribution in [1.82, 2.24) is 4.90 Å². The highest BCUT2D eigenvalue weighted by Gasteiger charge is 2.12. The number of nitrogens with one attached hydrogen (secondary N) is 2. The lowest BCUT2D eigenvalue weighted by molar-refractivity contribution is -0.885. The van der Waals surface area contributed by atoms with E-state index in [-0.39, 0.29) is 11.8 Å². The van der Waals surface area contributed by atoms with Gasteiger partial charge in [0.1, 0.15) is 6.54 Å². The van der Waals surface area contributed by atoms with Crippen LogP contribution in [0.4, 0.5) is 5.69 Å². The molecule has 5 nitrogen and oxygen atoms in total. The van der Waals surface area contributed by atoms with Crippen molar-refractivity contribution in [1.29, 1.82) is 0 Å². The van der Waals surface area contributed by atoms with Gasteiger partial charge in [0.25, 0.3) is 11.8 Å². The van der Waals surface area contributed by atoms with Crippen LogP contribution in [0.15, 0.2) is 66.7 Å². The minimum Gasteiger partial charge on any atom is -0.345 e. The van der Waals surface area contributed by atoms with Gasteiger partial charge in [-0.3, -0.25) is 9.59 Å². The Morgan fingerprint density at radius 2 is 1.61 bits per heavy atom. The van der Waals surface area contributed by atoms with Crippen LogP contribution in [-0.4, -0.2) is 44.4 Å². The first-order valence-corrected chi connectivity index (χ1v) is 9.33. The number of nitrogens with zero attached hydrogens (tertiary/aromatic N) is 1. The second-order valence-electron chi connectivity index (χ2n) is 7.32. The molecule has 3 aromatic carbocycles. The van der Waals surface area contributed by atoms with Gasteiger partial charge in [-0.25, -0.2) is 0 Å². The van der Waals surface area contributed by atoms with Crippen molar-refractivity contribution < 1.29 is 14.5 Å². The maximum absolute atomic E-state index is 12.3. The highest BCUT2D eigenvalue weighted by molar-refractivity contribution is 5.95. The molecule has 28 heavy (non-hydrogen) atoms. The number of carbonyl (C=O) groups excluding carboxylic acids is 2. The molecule has 0 aliphatic carbocycles. The summed E-state index contributed by atoms with van der Waals surface area (Å²) in [4.78, 5) is 26.9. The van der Waals surface area contributed by atoms with Crippen molar-refractivity contribution >= 4 is 28.3 Å². The minimum atomic E-state index is -0.0579. The third kappa shape index (κ3) is 4.96. The second-order valence-corrected chi connectivity index (χ2v) is 7.32. The minimum absolute atomic E-state index is 0.0509. The molecule has 3 rings (SSSR count). The number of fused-ring (bicyclic) bond motifs is 1. The summed E-state index contributed by atoms with van der Waals surface area (Å²) in [6.45, 7) is 1.14. The maximum atomic E-state index is 12.3. The van der Waals surface area contributed by atoms with Gasteiger partial charge in [-0.2, -0.15) is 0 Å². The number of carbonyl (C=O) groups is 2. The van der Waals surface area contributed by atoms with Gasteiger partial charge >= 0.3 is 0 Å². The van der Waals surface area contributed by atoms with Crippen LogP contribution in [0.3, 0.4) is 0 Å². The van der Waals surface area contributed by atoms with Crippen LogP contribution in [-0.2, 0) is 11.3 Å². The van der Waals surface area contributed by atoms with Gasteiger partial charge in [0, 0.05) is 30.9 Å². The van der Waals surface area contributed by atoms with Crippen LogP contribution >= 0.6 is 0 Å². The SMILES string of the molecule is CN(C)C(=O)c1ccc(NC(=O)C[NH+](C)Cc2ccc3ccccc3c2)cc1. The standard InChI is InChI=1S/C23H25N3O2/c1-25(2)23(28)19-10-12-21(13-11-19)24-22(27)16-26(3)15-17-8-9-18-6-4-5-7-20(18)14-17/h4-14H,15-16H2,1-3H3,(H,24,27)/p+1. The summed E-state index contributed by atoms with van der Waals surface area (Å²) in [6, 6.07) is 21.6. The van der Waals surface area contributed by atoms with Crippen LogP contribution in [0, 0.1) is 0 Å². The van der Waals surface area contributed by atoms with E-state index in [0.29, 0.717) is 17.8 Å². The molecule has 0 saturated carbocycles. The van der Waals surface area contributed by atoms with Crippen molar-refractivity contribution in [3.05, 3.63) is 77.9 Å². The van der Waals surface area contributed by atoms with Crippen molar-refractivity contribution in [2.24, 2.45) is 0 Å². The smallest absolute Gasteiger partial charge is 0.279 e. The van der Waals surface area contributed by atoms with Gasteiger partial charge < -0.3 is 15.1 Å². The van der Waals surface area contributed by atoms with E-state index in [9.17, 15) is 9.59 Å². The van der Waals surface area contributed by atoms with E-state index in [4.69, 9.17) is 0 Å². The van der Waals surface area contributed by atoms with E-state index in [1.54, 1.807) is 38.4 Å². The van der Waals surface area contributed by atoms with Crippen molar-refractivity contribution in [3.63, 3.8) is 0 Å². The maximum Gasteiger partial charge on any atom is 0.279 e. The van der Waals surface area contributed by atoms with E-state index >= 15 is 0 Å². The van der Waals surface area contributed by atoms with Gasteiger partial charge in [0.05, 0.1) is 7.05 Å². The lowest BCUT2D eigenvalue weighted by Crippen LogP contribution is -3.08. The Balaban J connectivity index is 1.55. The Morgan fingerprint density at radius 3 is 2.29 bits per heavy atom. The van der Waals surface area contributed by atoms with E-state index in [2.05, 4.69) is 35.6 Å². The summed E-state index contributed by atoms with van der Waals surface area (Å²) in [5, 5.41) is 5.33. The highest BCUT2D eigenvalue weighted by Crippen LogP contribution is 2.15. The number of quaternary nitrogens is 1. The average molecular weight is 376 g/mol. The Labute approximate surface area is 165 Å². The third-order valence-electron chi connectivity index (χ3n) is 4.60. The molecule has 3 aromatic rings. The van der Waals surface area contributed by atoms with Gasteiger partial charge in [-0.05, 0) is 41.1 Å². The first-order chi connectivity index (χ1) is 13.4. The molecule has 0 fully saturated rings. The molecule has 5 heteroatoms. The fourth-order valence-corrected chi connectivity index (χ4v) is 3.19. The van der Waals surface area contributed by atoms with Crippen LogP contribution in [0.1, 0.15) is 15.9 Å². The van der Waals surface area contributed by atoms with E-state index in [1.165, 1.54) is 21.2 Å². The first kappa shape index (κ1) is 19.6. The molecule has 0 aromatic heterocycles. The number of hydrogen-bond donors (Lipinski definition) is 2. The van der Waals surface area contributed by atoms with Gasteiger partial charge in [-0.1, -0.05) is 36.4 Å². The van der Waals surface area contributed by atoms with E-state index in [0.717, 1.165) is 11.4 Å². The predicted molar refractivity (Wildman–Crippen MR) is 112 cm³/mol. The third-order valence-corrected chi connectivity index (χ3v) is 4.60. The predicted octanol–water partition coefficient (Wildman–Crippen LogP) is 2.20. The molecule has 1 unspecified atom stereocenters.